The Morgan fingerprint density at radius 1 is 0.294 bits per heavy atom. The van der Waals surface area contributed by atoms with Gasteiger partial charge in [0, 0.05) is 0 Å². The Labute approximate surface area is 187 Å². The van der Waals surface area contributed by atoms with Crippen molar-refractivity contribution in [2.75, 3.05) is 0 Å². The van der Waals surface area contributed by atoms with E-state index in [0.29, 0.717) is 20.8 Å². The van der Waals surface area contributed by atoms with Gasteiger partial charge in [0.05, 0.1) is 0 Å². The van der Waals surface area contributed by atoms with Gasteiger partial charge < -0.3 is 0 Å². The molecule has 0 saturated carbocycles. The van der Waals surface area contributed by atoms with Gasteiger partial charge in [-0.2, -0.15) is 0 Å². The Kier molecular flexibility index (Phi) is 6.76. The van der Waals surface area contributed by atoms with E-state index < -0.39 is 114 Å². The SMILES string of the molecule is Cc1c(F)c(F)c(F)c(F)[c]1[Al]([c]1c(C)c(F)c(F)c(F)c1F)[c]1c(C)c(F)c(F)c(F)c1F. The van der Waals surface area contributed by atoms with Crippen LogP contribution >= 0.6 is 0 Å². The van der Waals surface area contributed by atoms with Crippen molar-refractivity contribution in [1.82, 2.24) is 0 Å². The average molecular weight is 516 g/mol. The Morgan fingerprint density at radius 3 is 0.676 bits per heavy atom. The van der Waals surface area contributed by atoms with Crippen LogP contribution in [-0.4, -0.2) is 14.1 Å². The molecule has 3 rings (SSSR count). The van der Waals surface area contributed by atoms with Gasteiger partial charge in [0.1, 0.15) is 17.5 Å². The maximum atomic E-state index is 14.9. The molecular weight excluding hydrogens is 507 g/mol. The lowest BCUT2D eigenvalue weighted by molar-refractivity contribution is 0.407. The molecular formula is C21H9AlF12. The molecule has 0 heterocycles. The van der Waals surface area contributed by atoms with Crippen LogP contribution in [0.15, 0.2) is 0 Å². The van der Waals surface area contributed by atoms with E-state index in [9.17, 15) is 52.7 Å². The highest BCUT2D eigenvalue weighted by molar-refractivity contribution is 6.96. The van der Waals surface area contributed by atoms with E-state index in [0.717, 1.165) is 0 Å². The van der Waals surface area contributed by atoms with Crippen LogP contribution < -0.4 is 13.3 Å². The highest BCUT2D eigenvalue weighted by Gasteiger charge is 2.43. The summed E-state index contributed by atoms with van der Waals surface area (Å²) in [7, 11) is 0. The fourth-order valence-corrected chi connectivity index (χ4v) is 7.42. The number of hydrogen-bond donors (Lipinski definition) is 0. The molecule has 0 fully saturated rings. The molecule has 13 heteroatoms. The summed E-state index contributed by atoms with van der Waals surface area (Å²) in [6.07, 6.45) is 0. The minimum absolute atomic E-state index is 0.600. The second kappa shape index (κ2) is 8.85. The maximum Gasteiger partial charge on any atom is 0.399 e. The molecule has 0 spiro atoms. The number of rotatable bonds is 3. The molecule has 0 aromatic heterocycles. The first-order valence-electron chi connectivity index (χ1n) is 9.13. The molecule has 0 amide bonds. The van der Waals surface area contributed by atoms with Crippen LogP contribution in [0.5, 0.6) is 0 Å². The predicted molar refractivity (Wildman–Crippen MR) is 97.7 cm³/mol. The van der Waals surface area contributed by atoms with E-state index in [4.69, 9.17) is 0 Å². The lowest BCUT2D eigenvalue weighted by Gasteiger charge is -2.23. The zero-order chi connectivity index (χ0) is 26.0. The first-order chi connectivity index (χ1) is 15.7. The minimum Gasteiger partial charge on any atom is -0.205 e. The second-order valence-corrected chi connectivity index (χ2v) is 9.91. The smallest absolute Gasteiger partial charge is 0.205 e. The molecule has 0 atom stereocenters. The van der Waals surface area contributed by atoms with Gasteiger partial charge in [-0.3, -0.25) is 0 Å². The first kappa shape index (κ1) is 26.0. The second-order valence-electron chi connectivity index (χ2n) is 7.32. The molecule has 0 saturated heterocycles. The van der Waals surface area contributed by atoms with Crippen molar-refractivity contribution in [1.29, 1.82) is 0 Å². The van der Waals surface area contributed by atoms with E-state index in [1.165, 1.54) is 0 Å². The lowest BCUT2D eigenvalue weighted by atomic mass is 10.2. The topological polar surface area (TPSA) is 0 Å². The summed E-state index contributed by atoms with van der Waals surface area (Å²) in [5.74, 6) is -27.6. The number of halogens is 12. The average Bonchev–Trinajstić information content (AvgIpc) is 2.81. The van der Waals surface area contributed by atoms with Gasteiger partial charge in [-0.1, -0.05) is 13.3 Å². The fraction of sp³-hybridized carbons (Fsp3) is 0.143. The first-order valence-corrected chi connectivity index (χ1v) is 10.9. The highest BCUT2D eigenvalue weighted by atomic mass is 27.2. The molecule has 0 aliphatic heterocycles. The summed E-state index contributed by atoms with van der Waals surface area (Å²) in [6.45, 7) is 1.80. The van der Waals surface area contributed by atoms with Crippen molar-refractivity contribution < 1.29 is 52.7 Å². The van der Waals surface area contributed by atoms with Crippen molar-refractivity contribution in [2.24, 2.45) is 0 Å². The van der Waals surface area contributed by atoms with E-state index in [1.54, 1.807) is 0 Å². The van der Waals surface area contributed by atoms with Crippen molar-refractivity contribution in [3.8, 4) is 0 Å². The Morgan fingerprint density at radius 2 is 0.471 bits per heavy atom. The van der Waals surface area contributed by atoms with E-state index in [-0.39, 0.29) is 0 Å². The van der Waals surface area contributed by atoms with Crippen LogP contribution in [0.4, 0.5) is 52.7 Å². The van der Waals surface area contributed by atoms with Crippen molar-refractivity contribution in [3.05, 3.63) is 86.5 Å². The third-order valence-electron chi connectivity index (χ3n) is 5.51. The van der Waals surface area contributed by atoms with Gasteiger partial charge in [-0.25, -0.2) is 52.7 Å². The zero-order valence-electron chi connectivity index (χ0n) is 17.1. The molecule has 0 aliphatic rings. The van der Waals surface area contributed by atoms with Gasteiger partial charge >= 0.3 is 14.1 Å². The fourth-order valence-electron chi connectivity index (χ4n) is 3.74. The largest absolute Gasteiger partial charge is 0.399 e. The van der Waals surface area contributed by atoms with Crippen LogP contribution in [0.2, 0.25) is 0 Å². The summed E-state index contributed by atoms with van der Waals surface area (Å²) in [4.78, 5) is 0. The van der Waals surface area contributed by atoms with Crippen molar-refractivity contribution >= 4 is 27.4 Å². The molecule has 0 nitrogen and oxygen atoms in total. The zero-order valence-corrected chi connectivity index (χ0v) is 18.3. The van der Waals surface area contributed by atoms with Crippen LogP contribution in [-0.2, 0) is 0 Å². The standard InChI is InChI=1S/3C7H3F4.Al/c3*1-3-2-4(8)6(10)7(11)5(3)9;/h3*1H3;. The molecule has 3 aromatic rings. The summed E-state index contributed by atoms with van der Waals surface area (Å²) < 4.78 is 167. The van der Waals surface area contributed by atoms with Crippen LogP contribution in [0, 0.1) is 90.6 Å². The quantitative estimate of drug-likeness (QED) is 0.203. The predicted octanol–water partition coefficient (Wildman–Crippen LogP) is 4.80. The Hall–Kier alpha value is -2.65. The van der Waals surface area contributed by atoms with Crippen molar-refractivity contribution in [2.45, 2.75) is 20.8 Å². The Bertz CT molecular complexity index is 1110. The van der Waals surface area contributed by atoms with E-state index in [2.05, 4.69) is 0 Å². The molecule has 0 N–H and O–H groups in total. The monoisotopic (exact) mass is 516 g/mol. The minimum atomic E-state index is -4.84. The van der Waals surface area contributed by atoms with E-state index in [1.807, 2.05) is 0 Å². The Balaban J connectivity index is 2.68. The molecule has 0 radical (unpaired) electrons. The lowest BCUT2D eigenvalue weighted by Crippen LogP contribution is -2.59. The van der Waals surface area contributed by atoms with Crippen molar-refractivity contribution in [3.63, 3.8) is 0 Å². The summed E-state index contributed by atoms with van der Waals surface area (Å²) in [6, 6.07) is 0. The molecule has 0 unspecified atom stereocenters. The summed E-state index contributed by atoms with van der Waals surface area (Å²) in [5.41, 5.74) is -3.46. The van der Waals surface area contributed by atoms with Gasteiger partial charge in [-0.05, 0) is 37.5 Å². The third kappa shape index (κ3) is 3.57. The van der Waals surface area contributed by atoms with E-state index >= 15 is 0 Å². The molecule has 0 aliphatic carbocycles. The molecule has 0 bridgehead atoms. The van der Waals surface area contributed by atoms with Gasteiger partial charge in [0.25, 0.3) is 0 Å². The molecule has 3 aromatic carbocycles. The van der Waals surface area contributed by atoms with Gasteiger partial charge in [-0.15, -0.1) is 0 Å². The molecule has 34 heavy (non-hydrogen) atoms. The summed E-state index contributed by atoms with van der Waals surface area (Å²) in [5, 5.41) is 0. The third-order valence-corrected chi connectivity index (χ3v) is 9.30. The normalized spacial score (nSPS) is 11.4. The van der Waals surface area contributed by atoms with Crippen LogP contribution in [0.1, 0.15) is 16.7 Å². The summed E-state index contributed by atoms with van der Waals surface area (Å²) >= 11 is -4.84. The van der Waals surface area contributed by atoms with Crippen LogP contribution in [0.3, 0.4) is 0 Å². The number of hydrogen-bond acceptors (Lipinski definition) is 0. The van der Waals surface area contributed by atoms with Crippen LogP contribution in [0.25, 0.3) is 0 Å². The van der Waals surface area contributed by atoms with Gasteiger partial charge in [0.15, 0.2) is 52.4 Å². The number of benzene rings is 3. The highest BCUT2D eigenvalue weighted by Crippen LogP contribution is 2.24. The molecule has 180 valence electrons. The van der Waals surface area contributed by atoms with Gasteiger partial charge in [0.2, 0.25) is 0 Å². The maximum absolute atomic E-state index is 14.9.